The fourth-order valence-electron chi connectivity index (χ4n) is 2.08. The summed E-state index contributed by atoms with van der Waals surface area (Å²) in [5.41, 5.74) is 1.99. The molecule has 2 unspecified atom stereocenters. The van der Waals surface area contributed by atoms with Crippen LogP contribution in [0.25, 0.3) is 0 Å². The van der Waals surface area contributed by atoms with Crippen molar-refractivity contribution in [1.82, 2.24) is 9.97 Å². The Hall–Kier alpha value is -0.830. The fraction of sp³-hybridized carbons (Fsp3) is 0.667. The number of rotatable bonds is 3. The first-order chi connectivity index (χ1) is 7.65. The second-order valence-electron chi connectivity index (χ2n) is 4.58. The molecule has 1 aliphatic carbocycles. The molecular formula is C12H18ClN3. The summed E-state index contributed by atoms with van der Waals surface area (Å²) < 4.78 is 0. The lowest BCUT2D eigenvalue weighted by Crippen LogP contribution is -2.13. The third-order valence-corrected chi connectivity index (χ3v) is 3.64. The van der Waals surface area contributed by atoms with E-state index >= 15 is 0 Å². The van der Waals surface area contributed by atoms with E-state index < -0.39 is 0 Å². The second-order valence-corrected chi connectivity index (χ2v) is 5.20. The van der Waals surface area contributed by atoms with Crippen LogP contribution in [0.3, 0.4) is 0 Å². The van der Waals surface area contributed by atoms with Gasteiger partial charge in [0.15, 0.2) is 0 Å². The van der Waals surface area contributed by atoms with Gasteiger partial charge in [0.05, 0.1) is 17.6 Å². The maximum absolute atomic E-state index is 6.08. The number of hydrogen-bond donors (Lipinski definition) is 1. The summed E-state index contributed by atoms with van der Waals surface area (Å²) in [5, 5.41) is 3.72. The predicted octanol–water partition coefficient (Wildman–Crippen LogP) is 2.91. The zero-order valence-corrected chi connectivity index (χ0v) is 10.6. The molecule has 0 amide bonds. The normalized spacial score (nSPS) is 24.7. The summed E-state index contributed by atoms with van der Waals surface area (Å²) in [6.45, 7) is 4.92. The number of nitrogens with one attached hydrogen (secondary N) is 1. The maximum atomic E-state index is 6.08. The molecule has 1 aromatic rings. The average molecular weight is 240 g/mol. The molecule has 1 aromatic heterocycles. The Balaban J connectivity index is 1.87. The number of aromatic nitrogens is 2. The Morgan fingerprint density at radius 3 is 2.81 bits per heavy atom. The molecule has 4 heteroatoms. The van der Waals surface area contributed by atoms with Crippen molar-refractivity contribution in [2.45, 2.75) is 38.5 Å². The highest BCUT2D eigenvalue weighted by Crippen LogP contribution is 2.29. The molecule has 1 N–H and O–H groups in total. The van der Waals surface area contributed by atoms with Gasteiger partial charge >= 0.3 is 0 Å². The molecule has 0 radical (unpaired) electrons. The summed E-state index contributed by atoms with van der Waals surface area (Å²) in [6.07, 6.45) is 5.29. The van der Waals surface area contributed by atoms with Gasteiger partial charge < -0.3 is 5.32 Å². The molecular weight excluding hydrogens is 222 g/mol. The van der Waals surface area contributed by atoms with E-state index in [2.05, 4.69) is 15.3 Å². The van der Waals surface area contributed by atoms with Crippen LogP contribution in [0.1, 0.15) is 30.7 Å². The number of halogens is 1. The van der Waals surface area contributed by atoms with Crippen molar-refractivity contribution in [1.29, 1.82) is 0 Å². The molecule has 0 aliphatic heterocycles. The Bertz CT molecular complexity index is 367. The Morgan fingerprint density at radius 1 is 1.38 bits per heavy atom. The molecule has 3 nitrogen and oxygen atoms in total. The van der Waals surface area contributed by atoms with E-state index in [4.69, 9.17) is 11.6 Å². The van der Waals surface area contributed by atoms with Gasteiger partial charge in [-0.1, -0.05) is 0 Å². The van der Waals surface area contributed by atoms with E-state index in [9.17, 15) is 0 Å². The zero-order valence-electron chi connectivity index (χ0n) is 9.83. The lowest BCUT2D eigenvalue weighted by Gasteiger charge is -2.11. The van der Waals surface area contributed by atoms with Crippen molar-refractivity contribution < 1.29 is 0 Å². The Morgan fingerprint density at radius 2 is 2.19 bits per heavy atom. The predicted molar refractivity (Wildman–Crippen MR) is 67.0 cm³/mol. The van der Waals surface area contributed by atoms with Crippen LogP contribution in [0.2, 0.25) is 0 Å². The Labute approximate surface area is 102 Å². The first-order valence-electron chi connectivity index (χ1n) is 5.83. The Kier molecular flexibility index (Phi) is 3.64. The molecule has 0 aromatic carbocycles. The average Bonchev–Trinajstić information content (AvgIpc) is 2.66. The van der Waals surface area contributed by atoms with E-state index in [1.165, 1.54) is 6.42 Å². The third-order valence-electron chi connectivity index (χ3n) is 3.24. The van der Waals surface area contributed by atoms with E-state index in [0.717, 1.165) is 36.6 Å². The van der Waals surface area contributed by atoms with Gasteiger partial charge in [-0.25, -0.2) is 4.98 Å². The highest BCUT2D eigenvalue weighted by atomic mass is 35.5. The van der Waals surface area contributed by atoms with Crippen molar-refractivity contribution in [2.24, 2.45) is 5.92 Å². The standard InChI is InChI=1S/C12H18ClN3/c1-8-9(2)16-12(7-14-8)15-6-10-3-4-11(13)5-10/h7,10-11H,3-6H2,1-2H3,(H,15,16). The van der Waals surface area contributed by atoms with Gasteiger partial charge in [-0.05, 0) is 39.0 Å². The van der Waals surface area contributed by atoms with Crippen LogP contribution < -0.4 is 5.32 Å². The van der Waals surface area contributed by atoms with Crippen LogP contribution in [0, 0.1) is 19.8 Å². The number of alkyl halides is 1. The first-order valence-corrected chi connectivity index (χ1v) is 6.27. The smallest absolute Gasteiger partial charge is 0.144 e. The molecule has 1 saturated carbocycles. The summed E-state index contributed by atoms with van der Waals surface area (Å²) in [7, 11) is 0. The monoisotopic (exact) mass is 239 g/mol. The summed E-state index contributed by atoms with van der Waals surface area (Å²) >= 11 is 6.08. The highest BCUT2D eigenvalue weighted by molar-refractivity contribution is 6.20. The maximum Gasteiger partial charge on any atom is 0.144 e. The molecule has 2 rings (SSSR count). The minimum Gasteiger partial charge on any atom is -0.369 e. The van der Waals surface area contributed by atoms with Crippen molar-refractivity contribution in [2.75, 3.05) is 11.9 Å². The number of aryl methyl sites for hydroxylation is 2. The highest BCUT2D eigenvalue weighted by Gasteiger charge is 2.22. The number of hydrogen-bond acceptors (Lipinski definition) is 3. The van der Waals surface area contributed by atoms with E-state index in [-0.39, 0.29) is 0 Å². The molecule has 16 heavy (non-hydrogen) atoms. The van der Waals surface area contributed by atoms with Gasteiger partial charge in [0.2, 0.25) is 0 Å². The van der Waals surface area contributed by atoms with Gasteiger partial charge in [0.1, 0.15) is 5.82 Å². The zero-order chi connectivity index (χ0) is 11.5. The van der Waals surface area contributed by atoms with Gasteiger partial charge in [-0.3, -0.25) is 4.98 Å². The molecule has 88 valence electrons. The minimum absolute atomic E-state index is 0.373. The molecule has 1 fully saturated rings. The summed E-state index contributed by atoms with van der Waals surface area (Å²) in [5.74, 6) is 1.56. The van der Waals surface area contributed by atoms with Crippen molar-refractivity contribution in [3.63, 3.8) is 0 Å². The molecule has 2 atom stereocenters. The van der Waals surface area contributed by atoms with Crippen LogP contribution >= 0.6 is 11.6 Å². The molecule has 0 spiro atoms. The molecule has 0 bridgehead atoms. The van der Waals surface area contributed by atoms with Crippen LogP contribution in [0.5, 0.6) is 0 Å². The number of anilines is 1. The summed E-state index contributed by atoms with van der Waals surface area (Å²) in [4.78, 5) is 8.73. The minimum atomic E-state index is 0.373. The second kappa shape index (κ2) is 5.00. The van der Waals surface area contributed by atoms with Crippen LogP contribution in [-0.2, 0) is 0 Å². The fourth-order valence-corrected chi connectivity index (χ4v) is 2.45. The topological polar surface area (TPSA) is 37.8 Å². The van der Waals surface area contributed by atoms with Crippen molar-refractivity contribution >= 4 is 17.4 Å². The molecule has 1 heterocycles. The van der Waals surface area contributed by atoms with Gasteiger partial charge in [0, 0.05) is 11.9 Å². The lowest BCUT2D eigenvalue weighted by atomic mass is 10.1. The van der Waals surface area contributed by atoms with E-state index in [0.29, 0.717) is 11.3 Å². The molecule has 0 saturated heterocycles. The summed E-state index contributed by atoms with van der Waals surface area (Å²) in [6, 6.07) is 0. The number of nitrogens with zero attached hydrogens (tertiary/aromatic N) is 2. The van der Waals surface area contributed by atoms with E-state index in [1.807, 2.05) is 13.8 Å². The van der Waals surface area contributed by atoms with Gasteiger partial charge in [-0.15, -0.1) is 11.6 Å². The van der Waals surface area contributed by atoms with Crippen LogP contribution in [0.4, 0.5) is 5.82 Å². The van der Waals surface area contributed by atoms with E-state index in [1.54, 1.807) is 6.20 Å². The largest absolute Gasteiger partial charge is 0.369 e. The molecule has 1 aliphatic rings. The first kappa shape index (κ1) is 11.6. The lowest BCUT2D eigenvalue weighted by molar-refractivity contribution is 0.579. The van der Waals surface area contributed by atoms with Gasteiger partial charge in [0.25, 0.3) is 0 Å². The van der Waals surface area contributed by atoms with Crippen LogP contribution in [-0.4, -0.2) is 21.9 Å². The SMILES string of the molecule is Cc1ncc(NCC2CCC(Cl)C2)nc1C. The quantitative estimate of drug-likeness (QED) is 0.825. The van der Waals surface area contributed by atoms with Crippen molar-refractivity contribution in [3.8, 4) is 0 Å². The van der Waals surface area contributed by atoms with Crippen molar-refractivity contribution in [3.05, 3.63) is 17.6 Å². The third kappa shape index (κ3) is 2.85. The van der Waals surface area contributed by atoms with Gasteiger partial charge in [-0.2, -0.15) is 0 Å². The van der Waals surface area contributed by atoms with Crippen LogP contribution in [0.15, 0.2) is 6.20 Å².